The molecule has 1 aromatic rings. The third-order valence-electron chi connectivity index (χ3n) is 2.33. The molecule has 1 N–H and O–H groups in total. The number of rotatable bonds is 4. The minimum atomic E-state index is -1.29. The minimum absolute atomic E-state index is 0.151. The van der Waals surface area contributed by atoms with E-state index in [0.717, 1.165) is 5.56 Å². The van der Waals surface area contributed by atoms with Crippen LogP contribution < -0.4 is 0 Å². The second-order valence-electron chi connectivity index (χ2n) is 3.46. The van der Waals surface area contributed by atoms with Crippen LogP contribution in [0.25, 0.3) is 5.53 Å². The number of benzene rings is 1. The van der Waals surface area contributed by atoms with Gasteiger partial charge in [0.15, 0.2) is 6.10 Å². The van der Waals surface area contributed by atoms with Crippen molar-refractivity contribution in [1.29, 1.82) is 0 Å². The summed E-state index contributed by atoms with van der Waals surface area (Å²) in [5.74, 6) is -0.828. The molecule has 0 radical (unpaired) electrons. The van der Waals surface area contributed by atoms with Crippen molar-refractivity contribution in [2.24, 2.45) is 0 Å². The summed E-state index contributed by atoms with van der Waals surface area (Å²) in [5.41, 5.74) is 9.66. The second kappa shape index (κ2) is 5.94. The Balaban J connectivity index is 3.03. The van der Waals surface area contributed by atoms with E-state index in [1.54, 1.807) is 32.0 Å². The zero-order chi connectivity index (χ0) is 12.8. The number of aliphatic hydroxyl groups is 1. The van der Waals surface area contributed by atoms with Gasteiger partial charge in [0, 0.05) is 0 Å². The molecular weight excluding hydrogens is 220 g/mol. The second-order valence-corrected chi connectivity index (χ2v) is 3.46. The topological polar surface area (TPSA) is 82.9 Å². The van der Waals surface area contributed by atoms with E-state index in [-0.39, 0.29) is 6.61 Å². The largest absolute Gasteiger partial charge is 0.457 e. The van der Waals surface area contributed by atoms with Gasteiger partial charge < -0.3 is 15.4 Å². The lowest BCUT2D eigenvalue weighted by atomic mass is 10.0. The van der Waals surface area contributed by atoms with Crippen LogP contribution in [0.4, 0.5) is 0 Å². The predicted molar refractivity (Wildman–Crippen MR) is 61.4 cm³/mol. The standard InChI is InChI=1S/C12H14N2O3/c1-3-17-12(16)10(14-13)11(15)9-7-5-4-6-8(9)2/h4-7,11,15H,3H2,1-2H3. The molecule has 1 unspecified atom stereocenters. The number of hydrogen-bond acceptors (Lipinski definition) is 3. The Morgan fingerprint density at radius 1 is 1.53 bits per heavy atom. The fourth-order valence-electron chi connectivity index (χ4n) is 1.45. The summed E-state index contributed by atoms with van der Waals surface area (Å²) in [6.45, 7) is 3.57. The van der Waals surface area contributed by atoms with Gasteiger partial charge in [0.2, 0.25) is 0 Å². The first-order valence-corrected chi connectivity index (χ1v) is 5.24. The lowest BCUT2D eigenvalue weighted by Crippen LogP contribution is -2.26. The van der Waals surface area contributed by atoms with Gasteiger partial charge in [-0.15, -0.1) is 0 Å². The number of nitrogens with zero attached hydrogens (tertiary/aromatic N) is 2. The Kier molecular flexibility index (Phi) is 4.57. The minimum Gasteiger partial charge on any atom is -0.457 e. The Labute approximate surface area is 99.3 Å². The van der Waals surface area contributed by atoms with Crippen LogP contribution in [0.15, 0.2) is 24.3 Å². The highest BCUT2D eigenvalue weighted by molar-refractivity contribution is 6.35. The van der Waals surface area contributed by atoms with Gasteiger partial charge in [-0.1, -0.05) is 24.3 Å². The molecule has 0 aliphatic carbocycles. The summed E-state index contributed by atoms with van der Waals surface area (Å²) in [7, 11) is 0. The average Bonchev–Trinajstić information content (AvgIpc) is 2.30. The molecule has 0 fully saturated rings. The van der Waals surface area contributed by atoms with Gasteiger partial charge in [0.25, 0.3) is 0 Å². The van der Waals surface area contributed by atoms with Crippen LogP contribution in [0.2, 0.25) is 0 Å². The smallest absolute Gasteiger partial charge is 0.420 e. The number of carbonyl (C=O) groups excluding carboxylic acids is 1. The van der Waals surface area contributed by atoms with Crippen molar-refractivity contribution in [1.82, 2.24) is 0 Å². The molecule has 5 heteroatoms. The Morgan fingerprint density at radius 2 is 2.18 bits per heavy atom. The first-order valence-electron chi connectivity index (χ1n) is 5.24. The normalized spacial score (nSPS) is 11.5. The highest BCUT2D eigenvalue weighted by Gasteiger charge is 2.32. The highest BCUT2D eigenvalue weighted by Crippen LogP contribution is 2.18. The molecule has 0 bridgehead atoms. The van der Waals surface area contributed by atoms with Gasteiger partial charge in [-0.25, -0.2) is 4.79 Å². The Hall–Kier alpha value is -1.97. The maximum absolute atomic E-state index is 11.4. The molecule has 5 nitrogen and oxygen atoms in total. The van der Waals surface area contributed by atoms with Crippen molar-refractivity contribution in [3.63, 3.8) is 0 Å². The summed E-state index contributed by atoms with van der Waals surface area (Å²) in [6, 6.07) is 6.99. The van der Waals surface area contributed by atoms with E-state index in [1.165, 1.54) is 0 Å². The average molecular weight is 234 g/mol. The van der Waals surface area contributed by atoms with E-state index in [4.69, 9.17) is 5.53 Å². The zero-order valence-electron chi connectivity index (χ0n) is 9.75. The third kappa shape index (κ3) is 3.00. The number of carbonyl (C=O) groups is 1. The van der Waals surface area contributed by atoms with Crippen LogP contribution in [0, 0.1) is 6.92 Å². The van der Waals surface area contributed by atoms with Gasteiger partial charge in [0.05, 0.1) is 6.61 Å². The molecule has 1 aromatic carbocycles. The van der Waals surface area contributed by atoms with Crippen molar-refractivity contribution in [2.45, 2.75) is 20.0 Å². The van der Waals surface area contributed by atoms with Crippen LogP contribution in [0.5, 0.6) is 0 Å². The van der Waals surface area contributed by atoms with Gasteiger partial charge in [-0.3, -0.25) is 0 Å². The molecule has 0 saturated heterocycles. The fraction of sp³-hybridized carbons (Fsp3) is 0.333. The summed E-state index contributed by atoms with van der Waals surface area (Å²) < 4.78 is 4.69. The molecule has 1 rings (SSSR count). The first-order chi connectivity index (χ1) is 8.11. The molecule has 0 heterocycles. The van der Waals surface area contributed by atoms with E-state index >= 15 is 0 Å². The van der Waals surface area contributed by atoms with Gasteiger partial charge in [-0.05, 0) is 25.0 Å². The molecule has 90 valence electrons. The molecule has 0 saturated carbocycles. The van der Waals surface area contributed by atoms with Crippen molar-refractivity contribution in [3.8, 4) is 0 Å². The van der Waals surface area contributed by atoms with Gasteiger partial charge in [-0.2, -0.15) is 4.79 Å². The van der Waals surface area contributed by atoms with E-state index in [9.17, 15) is 9.90 Å². The summed E-state index contributed by atoms with van der Waals surface area (Å²) >= 11 is 0. The van der Waals surface area contributed by atoms with Crippen LogP contribution >= 0.6 is 0 Å². The molecule has 0 aromatic heterocycles. The summed E-state index contributed by atoms with van der Waals surface area (Å²) in [4.78, 5) is 14.2. The van der Waals surface area contributed by atoms with E-state index in [2.05, 4.69) is 9.53 Å². The number of hydrogen-bond donors (Lipinski definition) is 1. The lowest BCUT2D eigenvalue weighted by molar-refractivity contribution is -0.141. The molecule has 0 amide bonds. The lowest BCUT2D eigenvalue weighted by Gasteiger charge is -2.08. The molecule has 0 spiro atoms. The first kappa shape index (κ1) is 13.1. The SMILES string of the molecule is CCOC(=O)C(=[N+]=[N-])C(O)c1ccccc1C. The zero-order valence-corrected chi connectivity index (χ0v) is 9.75. The van der Waals surface area contributed by atoms with Crippen LogP contribution in [-0.2, 0) is 9.53 Å². The maximum atomic E-state index is 11.4. The summed E-state index contributed by atoms with van der Waals surface area (Å²) in [6.07, 6.45) is -1.29. The molecule has 0 aliphatic rings. The van der Waals surface area contributed by atoms with Crippen molar-refractivity contribution in [3.05, 3.63) is 40.9 Å². The predicted octanol–water partition coefficient (Wildman–Crippen LogP) is 1.26. The molecule has 1 atom stereocenters. The van der Waals surface area contributed by atoms with E-state index in [1.807, 2.05) is 6.07 Å². The Bertz CT molecular complexity index is 465. The third-order valence-corrected chi connectivity index (χ3v) is 2.33. The van der Waals surface area contributed by atoms with Crippen molar-refractivity contribution < 1.29 is 19.4 Å². The van der Waals surface area contributed by atoms with Crippen LogP contribution in [0.3, 0.4) is 0 Å². The van der Waals surface area contributed by atoms with Crippen molar-refractivity contribution in [2.75, 3.05) is 6.61 Å². The van der Waals surface area contributed by atoms with E-state index in [0.29, 0.717) is 5.56 Å². The molecule has 0 aliphatic heterocycles. The van der Waals surface area contributed by atoms with Gasteiger partial charge >= 0.3 is 11.7 Å². The molecular formula is C12H14N2O3. The number of ether oxygens (including phenoxy) is 1. The van der Waals surface area contributed by atoms with Crippen molar-refractivity contribution >= 4 is 11.7 Å². The number of aliphatic hydroxyl groups excluding tert-OH is 1. The number of esters is 1. The monoisotopic (exact) mass is 234 g/mol. The maximum Gasteiger partial charge on any atom is 0.420 e. The van der Waals surface area contributed by atoms with Gasteiger partial charge in [0.1, 0.15) is 0 Å². The highest BCUT2D eigenvalue weighted by atomic mass is 16.5. The van der Waals surface area contributed by atoms with Crippen LogP contribution in [-0.4, -0.2) is 28.2 Å². The molecule has 17 heavy (non-hydrogen) atoms. The Morgan fingerprint density at radius 3 is 2.71 bits per heavy atom. The summed E-state index contributed by atoms with van der Waals surface area (Å²) in [5, 5.41) is 9.97. The quantitative estimate of drug-likeness (QED) is 0.368. The number of aryl methyl sites for hydroxylation is 1. The van der Waals surface area contributed by atoms with E-state index < -0.39 is 17.8 Å². The fourth-order valence-corrected chi connectivity index (χ4v) is 1.45. The van der Waals surface area contributed by atoms with Crippen LogP contribution in [0.1, 0.15) is 24.2 Å².